The number of hydrogen-bond donors (Lipinski definition) is 2. The largest absolute Gasteiger partial charge is 0.476 e. The van der Waals surface area contributed by atoms with Crippen LogP contribution in [0.5, 0.6) is 0 Å². The summed E-state index contributed by atoms with van der Waals surface area (Å²) in [7, 11) is 0. The summed E-state index contributed by atoms with van der Waals surface area (Å²) in [4.78, 5) is 31.7. The minimum absolute atomic E-state index is 0.0781. The lowest BCUT2D eigenvalue weighted by Gasteiger charge is -1.97. The Morgan fingerprint density at radius 1 is 1.18 bits per heavy atom. The van der Waals surface area contributed by atoms with Gasteiger partial charge < -0.3 is 5.11 Å². The summed E-state index contributed by atoms with van der Waals surface area (Å²) in [6, 6.07) is 9.07. The highest BCUT2D eigenvalue weighted by Crippen LogP contribution is 2.33. The number of carbonyl (C=O) groups is 2. The van der Waals surface area contributed by atoms with E-state index in [0.717, 1.165) is 16.9 Å². The van der Waals surface area contributed by atoms with E-state index in [1.165, 1.54) is 17.5 Å². The first-order chi connectivity index (χ1) is 10.6. The Morgan fingerprint density at radius 3 is 2.59 bits per heavy atom. The third kappa shape index (κ3) is 2.87. The smallest absolute Gasteiger partial charge is 0.356 e. The van der Waals surface area contributed by atoms with Gasteiger partial charge in [-0.2, -0.15) is 0 Å². The number of carboxylic acid groups (broad SMARTS) is 1. The third-order valence-corrected chi connectivity index (χ3v) is 4.50. The van der Waals surface area contributed by atoms with Gasteiger partial charge in [0, 0.05) is 11.6 Å². The Balaban J connectivity index is 1.94. The minimum Gasteiger partial charge on any atom is -0.476 e. The summed E-state index contributed by atoms with van der Waals surface area (Å²) in [6.07, 6.45) is 1.53. The Bertz CT molecular complexity index is 813. The fourth-order valence-corrected chi connectivity index (χ4v) is 3.28. The van der Waals surface area contributed by atoms with E-state index in [9.17, 15) is 14.7 Å². The molecule has 0 saturated heterocycles. The van der Waals surface area contributed by atoms with Crippen LogP contribution in [0.2, 0.25) is 0 Å². The fraction of sp³-hybridized carbons (Fsp3) is 0. The molecule has 3 aromatic rings. The predicted molar refractivity (Wildman–Crippen MR) is 84.6 cm³/mol. The van der Waals surface area contributed by atoms with Gasteiger partial charge in [-0.15, -0.1) is 11.3 Å². The zero-order valence-corrected chi connectivity index (χ0v) is 12.6. The van der Waals surface area contributed by atoms with Crippen molar-refractivity contribution >= 4 is 39.7 Å². The number of hydrogen-bond acceptors (Lipinski definition) is 6. The second-order valence-electron chi connectivity index (χ2n) is 4.16. The van der Waals surface area contributed by atoms with Gasteiger partial charge in [0.1, 0.15) is 0 Å². The summed E-state index contributed by atoms with van der Waals surface area (Å²) in [5.41, 5.74) is 0.665. The number of thiazole rings is 2. The highest BCUT2D eigenvalue weighted by molar-refractivity contribution is 7.19. The average molecular weight is 331 g/mol. The monoisotopic (exact) mass is 331 g/mol. The second-order valence-corrected chi connectivity index (χ2v) is 6.05. The van der Waals surface area contributed by atoms with E-state index in [2.05, 4.69) is 15.3 Å². The van der Waals surface area contributed by atoms with Crippen LogP contribution in [0.15, 0.2) is 41.9 Å². The van der Waals surface area contributed by atoms with Crippen molar-refractivity contribution in [2.24, 2.45) is 0 Å². The van der Waals surface area contributed by atoms with Crippen molar-refractivity contribution in [1.29, 1.82) is 0 Å². The highest BCUT2D eigenvalue weighted by atomic mass is 32.1. The molecule has 110 valence electrons. The number of amides is 1. The number of aromatic nitrogens is 2. The molecule has 1 aromatic carbocycles. The van der Waals surface area contributed by atoms with Crippen molar-refractivity contribution in [1.82, 2.24) is 9.97 Å². The standard InChI is InChI=1S/C14H9N3O3S2/c18-11(12-15-6-7-21-12)17-14-16-9(13(19)20)10(22-14)8-4-2-1-3-5-8/h1-7H,(H,19,20)(H,16,17,18). The van der Waals surface area contributed by atoms with Gasteiger partial charge in [0.2, 0.25) is 0 Å². The lowest BCUT2D eigenvalue weighted by molar-refractivity contribution is 0.0692. The number of benzene rings is 1. The molecule has 0 unspecified atom stereocenters. The maximum absolute atomic E-state index is 12.0. The van der Waals surface area contributed by atoms with Gasteiger partial charge in [-0.25, -0.2) is 14.8 Å². The quantitative estimate of drug-likeness (QED) is 0.766. The number of nitrogens with zero attached hydrogens (tertiary/aromatic N) is 2. The summed E-state index contributed by atoms with van der Waals surface area (Å²) >= 11 is 2.32. The molecule has 8 heteroatoms. The lowest BCUT2D eigenvalue weighted by atomic mass is 10.1. The first-order valence-corrected chi connectivity index (χ1v) is 7.85. The molecule has 0 bridgehead atoms. The van der Waals surface area contributed by atoms with Crippen LogP contribution in [-0.4, -0.2) is 27.0 Å². The maximum atomic E-state index is 12.0. The average Bonchev–Trinajstić information content (AvgIpc) is 3.17. The molecule has 6 nitrogen and oxygen atoms in total. The number of anilines is 1. The van der Waals surface area contributed by atoms with Crippen LogP contribution < -0.4 is 5.32 Å². The van der Waals surface area contributed by atoms with Crippen molar-refractivity contribution in [3.8, 4) is 10.4 Å². The van der Waals surface area contributed by atoms with Gasteiger partial charge in [-0.05, 0) is 5.56 Å². The van der Waals surface area contributed by atoms with E-state index in [-0.39, 0.29) is 10.8 Å². The molecule has 0 aliphatic rings. The van der Waals surface area contributed by atoms with Crippen molar-refractivity contribution in [2.45, 2.75) is 0 Å². The molecule has 0 radical (unpaired) electrons. The molecule has 0 aliphatic heterocycles. The van der Waals surface area contributed by atoms with Gasteiger partial charge in [0.15, 0.2) is 15.8 Å². The molecule has 0 spiro atoms. The number of nitrogens with one attached hydrogen (secondary N) is 1. The topological polar surface area (TPSA) is 92.2 Å². The number of aromatic carboxylic acids is 1. The first-order valence-electron chi connectivity index (χ1n) is 6.15. The molecule has 3 rings (SSSR count). The molecule has 0 aliphatic carbocycles. The van der Waals surface area contributed by atoms with Crippen molar-refractivity contribution in [3.63, 3.8) is 0 Å². The van der Waals surface area contributed by atoms with E-state index in [1.54, 1.807) is 17.5 Å². The Morgan fingerprint density at radius 2 is 1.95 bits per heavy atom. The van der Waals surface area contributed by atoms with Crippen LogP contribution in [0.4, 0.5) is 5.13 Å². The van der Waals surface area contributed by atoms with Crippen LogP contribution in [0.25, 0.3) is 10.4 Å². The molecular formula is C14H9N3O3S2. The van der Waals surface area contributed by atoms with Crippen molar-refractivity contribution in [2.75, 3.05) is 5.32 Å². The molecule has 1 amide bonds. The second kappa shape index (κ2) is 6.04. The molecule has 2 heterocycles. The van der Waals surface area contributed by atoms with E-state index >= 15 is 0 Å². The SMILES string of the molecule is O=C(Nc1nc(C(=O)O)c(-c2ccccc2)s1)c1nccs1. The number of carboxylic acids is 1. The predicted octanol–water partition coefficient (Wildman–Crippen LogP) is 3.22. The van der Waals surface area contributed by atoms with Crippen LogP contribution in [0, 0.1) is 0 Å². The normalized spacial score (nSPS) is 10.4. The summed E-state index contributed by atoms with van der Waals surface area (Å²) < 4.78 is 0. The number of carbonyl (C=O) groups excluding carboxylic acids is 1. The van der Waals surface area contributed by atoms with E-state index in [4.69, 9.17) is 0 Å². The molecule has 0 atom stereocenters. The van der Waals surface area contributed by atoms with Crippen LogP contribution in [-0.2, 0) is 0 Å². The summed E-state index contributed by atoms with van der Waals surface area (Å²) in [6.45, 7) is 0. The zero-order valence-electron chi connectivity index (χ0n) is 11.0. The van der Waals surface area contributed by atoms with Gasteiger partial charge in [-0.3, -0.25) is 10.1 Å². The van der Waals surface area contributed by atoms with Gasteiger partial charge in [0.05, 0.1) is 4.88 Å². The van der Waals surface area contributed by atoms with Crippen molar-refractivity contribution in [3.05, 3.63) is 52.6 Å². The van der Waals surface area contributed by atoms with Gasteiger partial charge in [0.25, 0.3) is 5.91 Å². The molecule has 22 heavy (non-hydrogen) atoms. The van der Waals surface area contributed by atoms with Crippen LogP contribution in [0.3, 0.4) is 0 Å². The highest BCUT2D eigenvalue weighted by Gasteiger charge is 2.20. The van der Waals surface area contributed by atoms with E-state index < -0.39 is 11.9 Å². The van der Waals surface area contributed by atoms with Gasteiger partial charge in [-0.1, -0.05) is 41.7 Å². The third-order valence-electron chi connectivity index (χ3n) is 2.71. The number of rotatable bonds is 4. The maximum Gasteiger partial charge on any atom is 0.356 e. The molecule has 0 fully saturated rings. The van der Waals surface area contributed by atoms with E-state index in [1.807, 2.05) is 18.2 Å². The lowest BCUT2D eigenvalue weighted by Crippen LogP contribution is -2.11. The Kier molecular flexibility index (Phi) is 3.94. The first kappa shape index (κ1) is 14.4. The van der Waals surface area contributed by atoms with Gasteiger partial charge >= 0.3 is 5.97 Å². The zero-order chi connectivity index (χ0) is 15.5. The van der Waals surface area contributed by atoms with Crippen LogP contribution >= 0.6 is 22.7 Å². The summed E-state index contributed by atoms with van der Waals surface area (Å²) in [5, 5.41) is 14.1. The van der Waals surface area contributed by atoms with Crippen LogP contribution in [0.1, 0.15) is 20.3 Å². The fourth-order valence-electron chi connectivity index (χ4n) is 1.79. The van der Waals surface area contributed by atoms with Crippen molar-refractivity contribution < 1.29 is 14.7 Å². The Hall–Kier alpha value is -2.58. The molecule has 2 N–H and O–H groups in total. The molecular weight excluding hydrogens is 322 g/mol. The molecule has 0 saturated carbocycles. The summed E-state index contributed by atoms with van der Waals surface area (Å²) in [5.74, 6) is -1.54. The van der Waals surface area contributed by atoms with E-state index in [0.29, 0.717) is 9.88 Å². The minimum atomic E-state index is -1.13. The Labute approximate surface area is 133 Å². The molecule has 2 aromatic heterocycles.